The standard InChI is InChI=1S/C29H35N3O5S/c1-6-30-29(34)23(4)31(19-24-15-11-21(2)12-16-24)28(33)20-32(26-9-7-8-10-27(26)37-5)38(35,36)25-17-13-22(3)14-18-25/h7-18,23H,6,19-20H2,1-5H3,(H,30,34). The Hall–Kier alpha value is -3.85. The number of nitrogens with one attached hydrogen (secondary N) is 1. The molecule has 0 heterocycles. The lowest BCUT2D eigenvalue weighted by Gasteiger charge is -2.32. The number of carbonyl (C=O) groups is 2. The third kappa shape index (κ3) is 6.72. The largest absolute Gasteiger partial charge is 0.495 e. The van der Waals surface area contributed by atoms with Gasteiger partial charge in [0.15, 0.2) is 0 Å². The monoisotopic (exact) mass is 537 g/mol. The smallest absolute Gasteiger partial charge is 0.264 e. The van der Waals surface area contributed by atoms with Gasteiger partial charge in [0.1, 0.15) is 18.3 Å². The molecule has 0 radical (unpaired) electrons. The summed E-state index contributed by atoms with van der Waals surface area (Å²) in [6.45, 7) is 7.29. The minimum atomic E-state index is -4.16. The molecule has 1 N–H and O–H groups in total. The molecular formula is C29H35N3O5S. The molecule has 3 aromatic carbocycles. The van der Waals surface area contributed by atoms with Gasteiger partial charge in [0.05, 0.1) is 17.7 Å². The lowest BCUT2D eigenvalue weighted by molar-refractivity contribution is -0.139. The fraction of sp³-hybridized carbons (Fsp3) is 0.310. The van der Waals surface area contributed by atoms with Crippen LogP contribution in [0.25, 0.3) is 0 Å². The third-order valence-electron chi connectivity index (χ3n) is 6.23. The average Bonchev–Trinajstić information content (AvgIpc) is 2.91. The summed E-state index contributed by atoms with van der Waals surface area (Å²) in [5, 5.41) is 2.76. The van der Waals surface area contributed by atoms with E-state index in [9.17, 15) is 18.0 Å². The number of sulfonamides is 1. The van der Waals surface area contributed by atoms with Crippen LogP contribution in [-0.2, 0) is 26.2 Å². The van der Waals surface area contributed by atoms with Crippen molar-refractivity contribution < 1.29 is 22.7 Å². The Bertz CT molecular complexity index is 1360. The molecular weight excluding hydrogens is 502 g/mol. The Morgan fingerprint density at radius 3 is 2.08 bits per heavy atom. The van der Waals surface area contributed by atoms with Crippen LogP contribution in [0.15, 0.2) is 77.7 Å². The van der Waals surface area contributed by atoms with Crippen LogP contribution in [0, 0.1) is 13.8 Å². The minimum Gasteiger partial charge on any atom is -0.495 e. The molecule has 38 heavy (non-hydrogen) atoms. The van der Waals surface area contributed by atoms with Gasteiger partial charge in [-0.05, 0) is 57.5 Å². The van der Waals surface area contributed by atoms with E-state index in [1.165, 1.54) is 24.1 Å². The first kappa shape index (κ1) is 28.7. The first-order chi connectivity index (χ1) is 18.1. The quantitative estimate of drug-likeness (QED) is 0.398. The van der Waals surface area contributed by atoms with Gasteiger partial charge in [0.2, 0.25) is 11.8 Å². The van der Waals surface area contributed by atoms with Crippen LogP contribution < -0.4 is 14.4 Å². The maximum atomic E-state index is 13.9. The molecule has 2 amide bonds. The number of ether oxygens (including phenoxy) is 1. The molecule has 8 nitrogen and oxygen atoms in total. The Labute approximate surface area is 225 Å². The number of hydrogen-bond acceptors (Lipinski definition) is 5. The Morgan fingerprint density at radius 1 is 0.921 bits per heavy atom. The van der Waals surface area contributed by atoms with E-state index in [-0.39, 0.29) is 23.0 Å². The van der Waals surface area contributed by atoms with E-state index in [0.29, 0.717) is 12.3 Å². The van der Waals surface area contributed by atoms with Crippen LogP contribution in [0.1, 0.15) is 30.5 Å². The molecule has 1 atom stereocenters. The number of nitrogens with zero attached hydrogens (tertiary/aromatic N) is 2. The van der Waals surface area contributed by atoms with Crippen molar-refractivity contribution in [3.63, 3.8) is 0 Å². The van der Waals surface area contributed by atoms with E-state index < -0.39 is 28.5 Å². The number of aryl methyl sites for hydroxylation is 2. The van der Waals surface area contributed by atoms with Crippen LogP contribution in [0.4, 0.5) is 5.69 Å². The Morgan fingerprint density at radius 2 is 1.50 bits per heavy atom. The van der Waals surface area contributed by atoms with E-state index in [1.54, 1.807) is 50.2 Å². The summed E-state index contributed by atoms with van der Waals surface area (Å²) in [6, 6.07) is 19.9. The SMILES string of the molecule is CCNC(=O)C(C)N(Cc1ccc(C)cc1)C(=O)CN(c1ccccc1OC)S(=O)(=O)c1ccc(C)cc1. The normalized spacial score (nSPS) is 11.9. The van der Waals surface area contributed by atoms with Crippen LogP contribution in [0.2, 0.25) is 0 Å². The summed E-state index contributed by atoms with van der Waals surface area (Å²) in [4.78, 5) is 28.1. The first-order valence-electron chi connectivity index (χ1n) is 12.4. The number of para-hydroxylation sites is 2. The molecule has 0 aliphatic rings. The summed E-state index contributed by atoms with van der Waals surface area (Å²) in [6.07, 6.45) is 0. The van der Waals surface area contributed by atoms with Gasteiger partial charge in [0.25, 0.3) is 10.0 Å². The van der Waals surface area contributed by atoms with E-state index in [2.05, 4.69) is 5.32 Å². The molecule has 0 saturated heterocycles. The number of anilines is 1. The Balaban J connectivity index is 2.06. The number of rotatable bonds is 11. The number of amides is 2. The van der Waals surface area contributed by atoms with Gasteiger partial charge in [0, 0.05) is 13.1 Å². The van der Waals surface area contributed by atoms with Crippen molar-refractivity contribution in [2.24, 2.45) is 0 Å². The third-order valence-corrected chi connectivity index (χ3v) is 8.01. The van der Waals surface area contributed by atoms with E-state index >= 15 is 0 Å². The summed E-state index contributed by atoms with van der Waals surface area (Å²) in [7, 11) is -2.72. The van der Waals surface area contributed by atoms with Crippen molar-refractivity contribution in [1.29, 1.82) is 0 Å². The highest BCUT2D eigenvalue weighted by molar-refractivity contribution is 7.92. The summed E-state index contributed by atoms with van der Waals surface area (Å²) < 4.78 is 34.3. The number of benzene rings is 3. The fourth-order valence-electron chi connectivity index (χ4n) is 3.98. The molecule has 0 spiro atoms. The van der Waals surface area contributed by atoms with Gasteiger partial charge >= 0.3 is 0 Å². The fourth-order valence-corrected chi connectivity index (χ4v) is 5.41. The van der Waals surface area contributed by atoms with Crippen LogP contribution in [-0.4, -0.2) is 51.4 Å². The zero-order chi connectivity index (χ0) is 27.9. The molecule has 0 saturated carbocycles. The molecule has 3 aromatic rings. The highest BCUT2D eigenvalue weighted by atomic mass is 32.2. The summed E-state index contributed by atoms with van der Waals surface area (Å²) >= 11 is 0. The molecule has 1 unspecified atom stereocenters. The molecule has 9 heteroatoms. The zero-order valence-electron chi connectivity index (χ0n) is 22.5. The lowest BCUT2D eigenvalue weighted by atomic mass is 10.1. The number of methoxy groups -OCH3 is 1. The van der Waals surface area contributed by atoms with Crippen molar-refractivity contribution in [3.8, 4) is 5.75 Å². The van der Waals surface area contributed by atoms with Crippen molar-refractivity contribution in [2.45, 2.75) is 45.2 Å². The van der Waals surface area contributed by atoms with Gasteiger partial charge in [-0.25, -0.2) is 8.42 Å². The van der Waals surface area contributed by atoms with Crippen LogP contribution >= 0.6 is 0 Å². The van der Waals surface area contributed by atoms with Gasteiger partial charge in [-0.1, -0.05) is 59.7 Å². The van der Waals surface area contributed by atoms with Crippen molar-refractivity contribution in [1.82, 2.24) is 10.2 Å². The van der Waals surface area contributed by atoms with E-state index in [4.69, 9.17) is 4.74 Å². The van der Waals surface area contributed by atoms with E-state index in [1.807, 2.05) is 38.1 Å². The van der Waals surface area contributed by atoms with Gasteiger partial charge < -0.3 is 15.0 Å². The summed E-state index contributed by atoms with van der Waals surface area (Å²) in [5.41, 5.74) is 3.02. The van der Waals surface area contributed by atoms with Crippen LogP contribution in [0.5, 0.6) is 5.75 Å². The van der Waals surface area contributed by atoms with Crippen molar-refractivity contribution >= 4 is 27.5 Å². The maximum Gasteiger partial charge on any atom is 0.264 e. The average molecular weight is 538 g/mol. The predicted molar refractivity (Wildman–Crippen MR) is 149 cm³/mol. The number of hydrogen-bond donors (Lipinski definition) is 1. The molecule has 3 rings (SSSR count). The molecule has 0 bridgehead atoms. The highest BCUT2D eigenvalue weighted by Gasteiger charge is 2.33. The predicted octanol–water partition coefficient (Wildman–Crippen LogP) is 4.06. The molecule has 202 valence electrons. The first-order valence-corrected chi connectivity index (χ1v) is 13.9. The van der Waals surface area contributed by atoms with Crippen molar-refractivity contribution in [2.75, 3.05) is 24.5 Å². The number of likely N-dealkylation sites (N-methyl/N-ethyl adjacent to an activating group) is 1. The topological polar surface area (TPSA) is 96.0 Å². The molecule has 0 aliphatic carbocycles. The summed E-state index contributed by atoms with van der Waals surface area (Å²) in [5.74, 6) is -0.540. The van der Waals surface area contributed by atoms with E-state index in [0.717, 1.165) is 21.0 Å². The second kappa shape index (κ2) is 12.6. The molecule has 0 aliphatic heterocycles. The van der Waals surface area contributed by atoms with Gasteiger partial charge in [-0.15, -0.1) is 0 Å². The zero-order valence-corrected chi connectivity index (χ0v) is 23.3. The second-order valence-corrected chi connectivity index (χ2v) is 10.9. The highest BCUT2D eigenvalue weighted by Crippen LogP contribution is 2.32. The van der Waals surface area contributed by atoms with Gasteiger partial charge in [-0.3, -0.25) is 13.9 Å². The molecule has 0 fully saturated rings. The maximum absolute atomic E-state index is 13.9. The van der Waals surface area contributed by atoms with Gasteiger partial charge in [-0.2, -0.15) is 0 Å². The number of carbonyl (C=O) groups excluding carboxylic acids is 2. The minimum absolute atomic E-state index is 0.0451. The molecule has 0 aromatic heterocycles. The van der Waals surface area contributed by atoms with Crippen molar-refractivity contribution in [3.05, 3.63) is 89.5 Å². The lowest BCUT2D eigenvalue weighted by Crippen LogP contribution is -2.51. The second-order valence-electron chi connectivity index (χ2n) is 9.07. The Kier molecular flexibility index (Phi) is 9.52. The van der Waals surface area contributed by atoms with Crippen LogP contribution in [0.3, 0.4) is 0 Å².